The summed E-state index contributed by atoms with van der Waals surface area (Å²) in [5.41, 5.74) is 5.70. The van der Waals surface area contributed by atoms with Crippen LogP contribution >= 0.6 is 0 Å². The molecule has 0 amide bonds. The lowest BCUT2D eigenvalue weighted by Gasteiger charge is -2.36. The molecule has 0 radical (unpaired) electrons. The van der Waals surface area contributed by atoms with Gasteiger partial charge in [0.2, 0.25) is 0 Å². The van der Waals surface area contributed by atoms with Crippen LogP contribution in [0.4, 0.5) is 5.82 Å². The molecular weight excluding hydrogens is 268 g/mol. The molecule has 8 heteroatoms. The number of anilines is 1. The number of nitrogen functional groups attached to an aromatic ring is 1. The highest BCUT2D eigenvalue weighted by molar-refractivity contribution is 7.89. The van der Waals surface area contributed by atoms with E-state index < -0.39 is 10.0 Å². The molecule has 1 saturated heterocycles. The Morgan fingerprint density at radius 2 is 2.26 bits per heavy atom. The van der Waals surface area contributed by atoms with Crippen molar-refractivity contribution in [1.29, 1.82) is 0 Å². The van der Waals surface area contributed by atoms with E-state index in [9.17, 15) is 8.42 Å². The molecule has 1 aromatic rings. The van der Waals surface area contributed by atoms with Crippen molar-refractivity contribution in [1.82, 2.24) is 13.9 Å². The molecule has 2 fully saturated rings. The zero-order valence-electron chi connectivity index (χ0n) is 10.8. The lowest BCUT2D eigenvalue weighted by atomic mass is 10.2. The first-order valence-electron chi connectivity index (χ1n) is 6.42. The molecule has 1 aliphatic heterocycles. The second kappa shape index (κ2) is 4.46. The SMILES string of the molecule is Cn1cnc(N)c1S(=O)(=O)N1CCOC2CCCC21. The molecule has 2 heterocycles. The van der Waals surface area contributed by atoms with Crippen LogP contribution in [-0.2, 0) is 21.8 Å². The first kappa shape index (κ1) is 12.9. The van der Waals surface area contributed by atoms with Crippen LogP contribution in [0.5, 0.6) is 0 Å². The Balaban J connectivity index is 2.00. The molecule has 106 valence electrons. The normalized spacial score (nSPS) is 28.5. The van der Waals surface area contributed by atoms with Crippen molar-refractivity contribution in [2.45, 2.75) is 36.4 Å². The van der Waals surface area contributed by atoms with Crippen LogP contribution in [-0.4, -0.2) is 47.6 Å². The number of aryl methyl sites for hydroxylation is 1. The lowest BCUT2D eigenvalue weighted by molar-refractivity contribution is -0.0242. The van der Waals surface area contributed by atoms with Gasteiger partial charge in [-0.05, 0) is 19.3 Å². The highest BCUT2D eigenvalue weighted by Crippen LogP contribution is 2.34. The number of morpholine rings is 1. The number of rotatable bonds is 2. The molecule has 0 spiro atoms. The first-order chi connectivity index (χ1) is 9.01. The molecule has 2 N–H and O–H groups in total. The monoisotopic (exact) mass is 286 g/mol. The summed E-state index contributed by atoms with van der Waals surface area (Å²) >= 11 is 0. The van der Waals surface area contributed by atoms with E-state index in [-0.39, 0.29) is 23.0 Å². The van der Waals surface area contributed by atoms with Crippen molar-refractivity contribution < 1.29 is 13.2 Å². The molecule has 3 rings (SSSR count). The maximum atomic E-state index is 12.8. The van der Waals surface area contributed by atoms with Crippen LogP contribution in [0.2, 0.25) is 0 Å². The lowest BCUT2D eigenvalue weighted by Crippen LogP contribution is -2.51. The van der Waals surface area contributed by atoms with Crippen molar-refractivity contribution in [3.05, 3.63) is 6.33 Å². The van der Waals surface area contributed by atoms with E-state index in [1.165, 1.54) is 10.9 Å². The van der Waals surface area contributed by atoms with Gasteiger partial charge in [0.1, 0.15) is 0 Å². The highest BCUT2D eigenvalue weighted by Gasteiger charge is 2.43. The van der Waals surface area contributed by atoms with Gasteiger partial charge in [0, 0.05) is 13.6 Å². The number of imidazole rings is 1. The minimum absolute atomic E-state index is 0.0259. The van der Waals surface area contributed by atoms with E-state index in [0.717, 1.165) is 19.3 Å². The second-order valence-corrected chi connectivity index (χ2v) is 6.87. The predicted octanol–water partition coefficient (Wildman–Crippen LogP) is -0.0557. The van der Waals surface area contributed by atoms with Gasteiger partial charge in [-0.1, -0.05) is 0 Å². The fourth-order valence-electron chi connectivity index (χ4n) is 3.05. The van der Waals surface area contributed by atoms with Crippen molar-refractivity contribution in [2.24, 2.45) is 7.05 Å². The average Bonchev–Trinajstić information content (AvgIpc) is 2.95. The summed E-state index contributed by atoms with van der Waals surface area (Å²) < 4.78 is 34.2. The number of nitrogens with zero attached hydrogens (tertiary/aromatic N) is 3. The Hall–Kier alpha value is -1.12. The van der Waals surface area contributed by atoms with Gasteiger partial charge in [-0.25, -0.2) is 13.4 Å². The van der Waals surface area contributed by atoms with E-state index >= 15 is 0 Å². The Kier molecular flexibility index (Phi) is 3.03. The van der Waals surface area contributed by atoms with Gasteiger partial charge in [0.25, 0.3) is 10.0 Å². The van der Waals surface area contributed by atoms with Gasteiger partial charge in [-0.3, -0.25) is 0 Å². The molecule has 2 aliphatic rings. The van der Waals surface area contributed by atoms with Gasteiger partial charge >= 0.3 is 0 Å². The van der Waals surface area contributed by atoms with Gasteiger partial charge in [0.05, 0.1) is 25.1 Å². The molecule has 1 aromatic heterocycles. The molecule has 19 heavy (non-hydrogen) atoms. The number of ether oxygens (including phenoxy) is 1. The molecule has 7 nitrogen and oxygen atoms in total. The summed E-state index contributed by atoms with van der Waals surface area (Å²) in [5, 5.41) is 0.0834. The van der Waals surface area contributed by atoms with Gasteiger partial charge in [-0.15, -0.1) is 0 Å². The van der Waals surface area contributed by atoms with E-state index in [1.807, 2.05) is 0 Å². The summed E-state index contributed by atoms with van der Waals surface area (Å²) in [4.78, 5) is 3.87. The smallest absolute Gasteiger partial charge is 0.262 e. The molecular formula is C11H18N4O3S. The van der Waals surface area contributed by atoms with Crippen molar-refractivity contribution in [3.8, 4) is 0 Å². The topological polar surface area (TPSA) is 90.5 Å². The van der Waals surface area contributed by atoms with Crippen LogP contribution in [0.3, 0.4) is 0 Å². The fourth-order valence-corrected chi connectivity index (χ4v) is 4.91. The minimum Gasteiger partial charge on any atom is -0.381 e. The number of sulfonamides is 1. The van der Waals surface area contributed by atoms with Crippen molar-refractivity contribution in [2.75, 3.05) is 18.9 Å². The molecule has 2 unspecified atom stereocenters. The van der Waals surface area contributed by atoms with Crippen LogP contribution in [0, 0.1) is 0 Å². The Labute approximate surface area is 112 Å². The third-order valence-electron chi connectivity index (χ3n) is 3.89. The summed E-state index contributed by atoms with van der Waals surface area (Å²) in [7, 11) is -1.96. The Morgan fingerprint density at radius 1 is 1.47 bits per heavy atom. The van der Waals surface area contributed by atoms with E-state index in [4.69, 9.17) is 10.5 Å². The van der Waals surface area contributed by atoms with Gasteiger partial charge in [0.15, 0.2) is 10.8 Å². The van der Waals surface area contributed by atoms with Gasteiger partial charge in [-0.2, -0.15) is 4.31 Å². The van der Waals surface area contributed by atoms with E-state index in [2.05, 4.69) is 4.98 Å². The quantitative estimate of drug-likeness (QED) is 0.823. The number of nitrogens with two attached hydrogens (primary N) is 1. The van der Waals surface area contributed by atoms with Crippen LogP contribution in [0.15, 0.2) is 11.4 Å². The van der Waals surface area contributed by atoms with Crippen LogP contribution < -0.4 is 5.73 Å². The predicted molar refractivity (Wildman–Crippen MR) is 68.9 cm³/mol. The largest absolute Gasteiger partial charge is 0.381 e. The highest BCUT2D eigenvalue weighted by atomic mass is 32.2. The number of aromatic nitrogens is 2. The molecule has 0 bridgehead atoms. The van der Waals surface area contributed by atoms with Crippen molar-refractivity contribution >= 4 is 15.8 Å². The Bertz CT molecular complexity index is 563. The van der Waals surface area contributed by atoms with E-state index in [1.54, 1.807) is 11.4 Å². The summed E-state index contributed by atoms with van der Waals surface area (Å²) in [6, 6.07) is -0.0620. The summed E-state index contributed by atoms with van der Waals surface area (Å²) in [6.45, 7) is 0.826. The fraction of sp³-hybridized carbons (Fsp3) is 0.727. The van der Waals surface area contributed by atoms with Crippen molar-refractivity contribution in [3.63, 3.8) is 0 Å². The standard InChI is InChI=1S/C11H18N4O3S/c1-14-7-13-10(12)11(14)19(16,17)15-5-6-18-9-4-2-3-8(9)15/h7-9H,2-6,12H2,1H3. The third-order valence-corrected chi connectivity index (χ3v) is 5.95. The molecule has 1 aliphatic carbocycles. The number of fused-ring (bicyclic) bond motifs is 1. The maximum absolute atomic E-state index is 12.8. The van der Waals surface area contributed by atoms with Crippen LogP contribution in [0.1, 0.15) is 19.3 Å². The zero-order chi connectivity index (χ0) is 13.6. The maximum Gasteiger partial charge on any atom is 0.262 e. The molecule has 1 saturated carbocycles. The molecule has 2 atom stereocenters. The Morgan fingerprint density at radius 3 is 2.95 bits per heavy atom. The average molecular weight is 286 g/mol. The summed E-state index contributed by atoms with van der Waals surface area (Å²) in [6.07, 6.45) is 4.23. The third kappa shape index (κ3) is 1.94. The number of hydrogen-bond donors (Lipinski definition) is 1. The first-order valence-corrected chi connectivity index (χ1v) is 7.86. The summed E-state index contributed by atoms with van der Waals surface area (Å²) in [5.74, 6) is 0.0588. The minimum atomic E-state index is -3.61. The second-order valence-electron chi connectivity index (χ2n) is 5.07. The molecule has 0 aromatic carbocycles. The van der Waals surface area contributed by atoms with Gasteiger partial charge < -0.3 is 15.0 Å². The number of hydrogen-bond acceptors (Lipinski definition) is 5. The van der Waals surface area contributed by atoms with E-state index in [0.29, 0.717) is 13.2 Å². The zero-order valence-corrected chi connectivity index (χ0v) is 11.6. The van der Waals surface area contributed by atoms with Crippen LogP contribution in [0.25, 0.3) is 0 Å².